The lowest BCUT2D eigenvalue weighted by atomic mass is 9.97. The molecule has 1 aliphatic heterocycles. The number of likely N-dealkylation sites (tertiary alicyclic amines) is 1. The van der Waals surface area contributed by atoms with Gasteiger partial charge in [0.2, 0.25) is 0 Å². The van der Waals surface area contributed by atoms with Gasteiger partial charge in [-0.1, -0.05) is 0 Å². The van der Waals surface area contributed by atoms with Gasteiger partial charge in [-0.15, -0.1) is 0 Å². The van der Waals surface area contributed by atoms with Crippen LogP contribution in [0.2, 0.25) is 0 Å². The van der Waals surface area contributed by atoms with E-state index in [-0.39, 0.29) is 11.7 Å². The first-order valence-corrected chi connectivity index (χ1v) is 6.40. The number of benzene rings is 1. The maximum absolute atomic E-state index is 12.0. The molecule has 0 unspecified atom stereocenters. The van der Waals surface area contributed by atoms with E-state index in [2.05, 4.69) is 0 Å². The van der Waals surface area contributed by atoms with Crippen LogP contribution in [-0.2, 0) is 4.79 Å². The molecule has 0 atom stereocenters. The van der Waals surface area contributed by atoms with Crippen LogP contribution in [0.1, 0.15) is 23.2 Å². The number of rotatable bonds is 4. The molecule has 0 aromatic heterocycles. The monoisotopic (exact) mass is 262 g/mol. The van der Waals surface area contributed by atoms with E-state index in [4.69, 9.17) is 10.8 Å². The minimum Gasteiger partial charge on any atom is -0.481 e. The van der Waals surface area contributed by atoms with Crippen molar-refractivity contribution in [1.82, 2.24) is 4.90 Å². The molecule has 0 amide bonds. The van der Waals surface area contributed by atoms with Gasteiger partial charge in [0.05, 0.1) is 12.5 Å². The number of piperidine rings is 1. The van der Waals surface area contributed by atoms with Crippen molar-refractivity contribution in [3.63, 3.8) is 0 Å². The van der Waals surface area contributed by atoms with E-state index in [1.54, 1.807) is 24.3 Å². The van der Waals surface area contributed by atoms with Crippen molar-refractivity contribution < 1.29 is 14.7 Å². The summed E-state index contributed by atoms with van der Waals surface area (Å²) in [5.74, 6) is -0.943. The first-order valence-electron chi connectivity index (χ1n) is 6.40. The number of nitrogen functional groups attached to an aromatic ring is 1. The number of nitrogens with two attached hydrogens (primary N) is 1. The fraction of sp³-hybridized carbons (Fsp3) is 0.429. The van der Waals surface area contributed by atoms with E-state index in [0.717, 1.165) is 0 Å². The van der Waals surface area contributed by atoms with Crippen molar-refractivity contribution in [3.8, 4) is 0 Å². The zero-order valence-electron chi connectivity index (χ0n) is 10.7. The molecule has 5 nitrogen and oxygen atoms in total. The molecule has 1 aromatic carbocycles. The normalized spacial score (nSPS) is 17.3. The number of aliphatic carboxylic acids is 1. The molecule has 0 saturated carbocycles. The first-order chi connectivity index (χ1) is 9.06. The second kappa shape index (κ2) is 5.84. The molecule has 1 fully saturated rings. The van der Waals surface area contributed by atoms with Crippen LogP contribution in [0.4, 0.5) is 5.69 Å². The van der Waals surface area contributed by atoms with Crippen LogP contribution in [-0.4, -0.2) is 41.4 Å². The lowest BCUT2D eigenvalue weighted by Gasteiger charge is -2.29. The van der Waals surface area contributed by atoms with E-state index in [9.17, 15) is 9.59 Å². The highest BCUT2D eigenvalue weighted by molar-refractivity contribution is 5.97. The Hall–Kier alpha value is -1.88. The number of carboxylic acids is 1. The molecular weight excluding hydrogens is 244 g/mol. The van der Waals surface area contributed by atoms with Crippen molar-refractivity contribution in [2.24, 2.45) is 5.92 Å². The third kappa shape index (κ3) is 3.54. The maximum atomic E-state index is 12.0. The van der Waals surface area contributed by atoms with Gasteiger partial charge in [0.25, 0.3) is 0 Å². The summed E-state index contributed by atoms with van der Waals surface area (Å²) in [4.78, 5) is 24.9. The van der Waals surface area contributed by atoms with Crippen LogP contribution >= 0.6 is 0 Å². The van der Waals surface area contributed by atoms with Crippen LogP contribution in [0.5, 0.6) is 0 Å². The third-order valence-electron chi connectivity index (χ3n) is 3.54. The van der Waals surface area contributed by atoms with Gasteiger partial charge in [-0.25, -0.2) is 0 Å². The number of hydrogen-bond donors (Lipinski definition) is 2. The van der Waals surface area contributed by atoms with Gasteiger partial charge < -0.3 is 10.8 Å². The van der Waals surface area contributed by atoms with Crippen molar-refractivity contribution in [2.75, 3.05) is 25.4 Å². The minimum atomic E-state index is -0.732. The standard InChI is InChI=1S/C14H18N2O3/c15-12-3-1-10(2-4-12)13(17)9-16-7-5-11(6-8-16)14(18)19/h1-4,11H,5-9,15H2,(H,18,19). The lowest BCUT2D eigenvalue weighted by molar-refractivity contribution is -0.143. The van der Waals surface area contributed by atoms with Crippen LogP contribution in [0.15, 0.2) is 24.3 Å². The molecule has 3 N–H and O–H groups in total. The Labute approximate surface area is 112 Å². The maximum Gasteiger partial charge on any atom is 0.306 e. The molecule has 1 heterocycles. The summed E-state index contributed by atoms with van der Waals surface area (Å²) in [6.07, 6.45) is 1.23. The highest BCUT2D eigenvalue weighted by Gasteiger charge is 2.25. The minimum absolute atomic E-state index is 0.0498. The highest BCUT2D eigenvalue weighted by Crippen LogP contribution is 2.17. The quantitative estimate of drug-likeness (QED) is 0.630. The van der Waals surface area contributed by atoms with Crippen molar-refractivity contribution in [2.45, 2.75) is 12.8 Å². The average Bonchev–Trinajstić information content (AvgIpc) is 2.40. The molecule has 0 radical (unpaired) electrons. The molecule has 19 heavy (non-hydrogen) atoms. The molecule has 2 rings (SSSR count). The molecule has 1 aromatic rings. The number of ketones is 1. The number of Topliss-reactive ketones (excluding diaryl/α,β-unsaturated/α-hetero) is 1. The number of nitrogens with zero attached hydrogens (tertiary/aromatic N) is 1. The fourth-order valence-electron chi connectivity index (χ4n) is 2.30. The molecule has 0 spiro atoms. The van der Waals surface area contributed by atoms with E-state index in [0.29, 0.717) is 43.7 Å². The Morgan fingerprint density at radius 1 is 1.21 bits per heavy atom. The van der Waals surface area contributed by atoms with Gasteiger partial charge >= 0.3 is 5.97 Å². The summed E-state index contributed by atoms with van der Waals surface area (Å²) in [6, 6.07) is 6.87. The first kappa shape index (κ1) is 13.5. The van der Waals surface area contributed by atoms with Crippen LogP contribution in [0.3, 0.4) is 0 Å². The van der Waals surface area contributed by atoms with Crippen LogP contribution in [0.25, 0.3) is 0 Å². The van der Waals surface area contributed by atoms with Crippen molar-refractivity contribution >= 4 is 17.4 Å². The molecule has 0 aliphatic carbocycles. The topological polar surface area (TPSA) is 83.6 Å². The SMILES string of the molecule is Nc1ccc(C(=O)CN2CCC(C(=O)O)CC2)cc1. The van der Waals surface area contributed by atoms with Gasteiger partial charge in [-0.05, 0) is 50.2 Å². The largest absolute Gasteiger partial charge is 0.481 e. The predicted molar refractivity (Wildman–Crippen MR) is 72.0 cm³/mol. The average molecular weight is 262 g/mol. The molecule has 1 saturated heterocycles. The van der Waals surface area contributed by atoms with E-state index < -0.39 is 5.97 Å². The Morgan fingerprint density at radius 2 is 1.79 bits per heavy atom. The van der Waals surface area contributed by atoms with Crippen LogP contribution in [0, 0.1) is 5.92 Å². The van der Waals surface area contributed by atoms with E-state index >= 15 is 0 Å². The van der Waals surface area contributed by atoms with Gasteiger partial charge in [0, 0.05) is 11.3 Å². The van der Waals surface area contributed by atoms with Gasteiger partial charge in [-0.2, -0.15) is 0 Å². The summed E-state index contributed by atoms with van der Waals surface area (Å²) in [5, 5.41) is 8.91. The summed E-state index contributed by atoms with van der Waals surface area (Å²) in [5.41, 5.74) is 6.86. The summed E-state index contributed by atoms with van der Waals surface area (Å²) >= 11 is 0. The Balaban J connectivity index is 1.87. The Morgan fingerprint density at radius 3 is 2.32 bits per heavy atom. The predicted octanol–water partition coefficient (Wildman–Crippen LogP) is 1.25. The summed E-state index contributed by atoms with van der Waals surface area (Å²) in [7, 11) is 0. The molecule has 0 bridgehead atoms. The molecule has 102 valence electrons. The van der Waals surface area contributed by atoms with Crippen LogP contribution < -0.4 is 5.73 Å². The Kier molecular flexibility index (Phi) is 4.16. The van der Waals surface area contributed by atoms with E-state index in [1.165, 1.54) is 0 Å². The molecule has 1 aliphatic rings. The van der Waals surface area contributed by atoms with Crippen molar-refractivity contribution in [3.05, 3.63) is 29.8 Å². The fourth-order valence-corrected chi connectivity index (χ4v) is 2.30. The number of carbonyl (C=O) groups is 2. The zero-order valence-corrected chi connectivity index (χ0v) is 10.7. The number of carboxylic acid groups (broad SMARTS) is 1. The Bertz CT molecular complexity index is 462. The summed E-state index contributed by atoms with van der Waals surface area (Å²) < 4.78 is 0. The lowest BCUT2D eigenvalue weighted by Crippen LogP contribution is -2.39. The second-order valence-electron chi connectivity index (χ2n) is 4.93. The number of carbonyl (C=O) groups excluding carboxylic acids is 1. The third-order valence-corrected chi connectivity index (χ3v) is 3.54. The van der Waals surface area contributed by atoms with Gasteiger partial charge in [-0.3, -0.25) is 14.5 Å². The number of hydrogen-bond acceptors (Lipinski definition) is 4. The zero-order chi connectivity index (χ0) is 13.8. The van der Waals surface area contributed by atoms with Crippen molar-refractivity contribution in [1.29, 1.82) is 0 Å². The van der Waals surface area contributed by atoms with E-state index in [1.807, 2.05) is 4.90 Å². The van der Waals surface area contributed by atoms with Gasteiger partial charge in [0.15, 0.2) is 5.78 Å². The second-order valence-corrected chi connectivity index (χ2v) is 4.93. The molecular formula is C14H18N2O3. The van der Waals surface area contributed by atoms with Gasteiger partial charge in [0.1, 0.15) is 0 Å². The summed E-state index contributed by atoms with van der Waals surface area (Å²) in [6.45, 7) is 1.67. The molecule has 5 heteroatoms. The number of anilines is 1. The smallest absolute Gasteiger partial charge is 0.306 e. The highest BCUT2D eigenvalue weighted by atomic mass is 16.4.